The van der Waals surface area contributed by atoms with Crippen molar-refractivity contribution in [2.24, 2.45) is 11.7 Å². The van der Waals surface area contributed by atoms with Gasteiger partial charge in [0, 0.05) is 27.9 Å². The maximum atomic E-state index is 14.4. The number of amides is 2. The van der Waals surface area contributed by atoms with E-state index in [1.807, 2.05) is 0 Å². The van der Waals surface area contributed by atoms with Crippen LogP contribution in [0.5, 0.6) is 0 Å². The van der Waals surface area contributed by atoms with Gasteiger partial charge in [-0.15, -0.1) is 11.3 Å². The van der Waals surface area contributed by atoms with E-state index in [2.05, 4.69) is 31.3 Å². The second-order valence-corrected chi connectivity index (χ2v) is 14.9. The van der Waals surface area contributed by atoms with Crippen molar-refractivity contribution in [1.82, 2.24) is 20.3 Å². The van der Waals surface area contributed by atoms with Crippen LogP contribution in [-0.4, -0.2) is 75.0 Å². The second-order valence-electron chi connectivity index (χ2n) is 11.0. The highest BCUT2D eigenvalue weighted by Gasteiger charge is 2.42. The van der Waals surface area contributed by atoms with Crippen molar-refractivity contribution < 1.29 is 27.1 Å². The van der Waals surface area contributed by atoms with E-state index >= 15 is 0 Å². The van der Waals surface area contributed by atoms with E-state index in [4.69, 9.17) is 15.9 Å². The van der Waals surface area contributed by atoms with Gasteiger partial charge in [0.15, 0.2) is 0 Å². The minimum Gasteiger partial charge on any atom is -0.383 e. The first-order valence-corrected chi connectivity index (χ1v) is 17.6. The fourth-order valence-corrected chi connectivity index (χ4v) is 7.31. The van der Waals surface area contributed by atoms with Gasteiger partial charge in [0.2, 0.25) is 21.8 Å². The molecule has 2 fully saturated rings. The zero-order chi connectivity index (χ0) is 31.1. The smallest absolute Gasteiger partial charge is 0.243 e. The van der Waals surface area contributed by atoms with Gasteiger partial charge in [-0.2, -0.15) is 0 Å². The maximum absolute atomic E-state index is 14.4. The fraction of sp³-hybridized carbons (Fsp3) is 0.536. The number of carbonyl (C=O) groups excluding carboxylic acids is 2. The number of sulfonamides is 1. The van der Waals surface area contributed by atoms with Crippen LogP contribution in [0.4, 0.5) is 4.39 Å². The number of rotatable bonds is 13. The SMILES string of the molecule is CS(=O)(=O)N[C@H](CC[C@H]1CCCNC1)C(=O)N1C[C@H](OCc2ccc(Br)cc2F)C[C@H]1C(=O)NCc1ccc(C(=N)N)s1. The third kappa shape index (κ3) is 9.78. The number of benzene rings is 1. The first-order valence-electron chi connectivity index (χ1n) is 14.1. The van der Waals surface area contributed by atoms with Crippen LogP contribution < -0.4 is 21.1 Å². The molecule has 2 saturated heterocycles. The second kappa shape index (κ2) is 15.0. The number of nitrogen functional groups attached to an aromatic ring is 1. The van der Waals surface area contributed by atoms with Crippen LogP contribution in [0.25, 0.3) is 0 Å². The number of thiophene rings is 1. The van der Waals surface area contributed by atoms with Crippen molar-refractivity contribution in [3.8, 4) is 0 Å². The predicted octanol–water partition coefficient (Wildman–Crippen LogP) is 2.43. The number of carbonyl (C=O) groups is 2. The van der Waals surface area contributed by atoms with Crippen molar-refractivity contribution in [3.05, 3.63) is 55.9 Å². The molecule has 3 heterocycles. The van der Waals surface area contributed by atoms with Crippen molar-refractivity contribution in [1.29, 1.82) is 5.41 Å². The minimum atomic E-state index is -3.72. The van der Waals surface area contributed by atoms with Crippen molar-refractivity contribution in [2.75, 3.05) is 25.9 Å². The van der Waals surface area contributed by atoms with Gasteiger partial charge < -0.3 is 26.0 Å². The molecule has 4 rings (SSSR count). The number of nitrogens with two attached hydrogens (primary N) is 1. The van der Waals surface area contributed by atoms with Gasteiger partial charge in [-0.3, -0.25) is 15.0 Å². The molecule has 2 aromatic rings. The molecule has 0 saturated carbocycles. The largest absolute Gasteiger partial charge is 0.383 e. The van der Waals surface area contributed by atoms with Crippen LogP contribution in [0.1, 0.15) is 47.4 Å². The number of nitrogens with zero attached hydrogens (tertiary/aromatic N) is 1. The highest BCUT2D eigenvalue weighted by Crippen LogP contribution is 2.26. The lowest BCUT2D eigenvalue weighted by molar-refractivity contribution is -0.140. The Kier molecular flexibility index (Phi) is 11.7. The zero-order valence-electron chi connectivity index (χ0n) is 23.9. The molecule has 6 N–H and O–H groups in total. The molecular formula is C28H38BrFN6O5S2. The molecule has 0 radical (unpaired) electrons. The van der Waals surface area contributed by atoms with E-state index in [1.54, 1.807) is 24.3 Å². The Morgan fingerprint density at radius 3 is 2.77 bits per heavy atom. The molecule has 2 aliphatic heterocycles. The summed E-state index contributed by atoms with van der Waals surface area (Å²) in [4.78, 5) is 30.1. The summed E-state index contributed by atoms with van der Waals surface area (Å²) in [6.45, 7) is 1.92. The van der Waals surface area contributed by atoms with Crippen LogP contribution in [-0.2, 0) is 37.5 Å². The van der Waals surface area contributed by atoms with Crippen LogP contribution in [0.3, 0.4) is 0 Å². The third-order valence-electron chi connectivity index (χ3n) is 7.62. The Hall–Kier alpha value is -2.43. The highest BCUT2D eigenvalue weighted by atomic mass is 79.9. The molecule has 0 aliphatic carbocycles. The molecule has 15 heteroatoms. The molecule has 43 heavy (non-hydrogen) atoms. The minimum absolute atomic E-state index is 0.0511. The van der Waals surface area contributed by atoms with Crippen molar-refractivity contribution in [2.45, 2.75) is 63.4 Å². The van der Waals surface area contributed by atoms with Crippen LogP contribution >= 0.6 is 27.3 Å². The average Bonchev–Trinajstić information content (AvgIpc) is 3.61. The molecule has 2 amide bonds. The Morgan fingerprint density at radius 2 is 2.12 bits per heavy atom. The monoisotopic (exact) mass is 700 g/mol. The van der Waals surface area contributed by atoms with E-state index in [-0.39, 0.29) is 32.0 Å². The van der Waals surface area contributed by atoms with Gasteiger partial charge in [0.25, 0.3) is 0 Å². The van der Waals surface area contributed by atoms with E-state index in [0.29, 0.717) is 33.7 Å². The number of hydrogen-bond acceptors (Lipinski definition) is 8. The molecule has 0 unspecified atom stereocenters. The van der Waals surface area contributed by atoms with Gasteiger partial charge in [-0.1, -0.05) is 22.0 Å². The summed E-state index contributed by atoms with van der Waals surface area (Å²) in [5.41, 5.74) is 5.89. The topological polar surface area (TPSA) is 167 Å². The fourth-order valence-electron chi connectivity index (χ4n) is 5.43. The standard InChI is InChI=1S/C28H38BrFN6O5S2/c1-43(39,40)35-23(8-4-17-3-2-10-33-13-17)28(38)36-15-20(41-16-18-5-6-19(29)11-22(18)30)12-24(36)27(37)34-14-21-7-9-25(42-21)26(31)32/h5-7,9,11,17,20,23-24,33,35H,2-4,8,10,12-16H2,1H3,(H3,31,32)(H,34,37)/t17-,20-,23-,24+/m1/s1. The van der Waals surface area contributed by atoms with Gasteiger partial charge >= 0.3 is 0 Å². The third-order valence-corrected chi connectivity index (χ3v) is 9.94. The lowest BCUT2D eigenvalue weighted by atomic mass is 9.92. The Morgan fingerprint density at radius 1 is 1.33 bits per heavy atom. The zero-order valence-corrected chi connectivity index (χ0v) is 27.1. The molecule has 236 valence electrons. The van der Waals surface area contributed by atoms with Crippen LogP contribution in [0, 0.1) is 17.1 Å². The van der Waals surface area contributed by atoms with E-state index < -0.39 is 45.8 Å². The van der Waals surface area contributed by atoms with Gasteiger partial charge in [0.1, 0.15) is 23.7 Å². The van der Waals surface area contributed by atoms with Crippen molar-refractivity contribution in [3.63, 3.8) is 0 Å². The quantitative estimate of drug-likeness (QED) is 0.158. The summed E-state index contributed by atoms with van der Waals surface area (Å²) in [6.07, 6.45) is 3.56. The van der Waals surface area contributed by atoms with E-state index in [0.717, 1.165) is 37.1 Å². The lowest BCUT2D eigenvalue weighted by Gasteiger charge is -2.29. The number of nitrogens with one attached hydrogen (secondary N) is 4. The van der Waals surface area contributed by atoms with Crippen LogP contribution in [0.2, 0.25) is 0 Å². The Balaban J connectivity index is 1.49. The Labute approximate surface area is 263 Å². The van der Waals surface area contributed by atoms with Gasteiger partial charge in [-0.25, -0.2) is 17.5 Å². The molecule has 0 spiro atoms. The first-order chi connectivity index (χ1) is 20.4. The van der Waals surface area contributed by atoms with E-state index in [1.165, 1.54) is 22.3 Å². The summed E-state index contributed by atoms with van der Waals surface area (Å²) < 4.78 is 48.0. The number of piperidine rings is 1. The average molecular weight is 702 g/mol. The number of hydrogen-bond donors (Lipinski definition) is 5. The van der Waals surface area contributed by atoms with Crippen molar-refractivity contribution >= 4 is 54.9 Å². The lowest BCUT2D eigenvalue weighted by Crippen LogP contribution is -2.53. The maximum Gasteiger partial charge on any atom is 0.243 e. The molecule has 2 aliphatic rings. The predicted molar refractivity (Wildman–Crippen MR) is 167 cm³/mol. The van der Waals surface area contributed by atoms with E-state index in [9.17, 15) is 22.4 Å². The number of likely N-dealkylation sites (tertiary alicyclic amines) is 1. The molecule has 0 bridgehead atoms. The summed E-state index contributed by atoms with van der Waals surface area (Å²) in [6, 6.07) is 6.16. The van der Waals surface area contributed by atoms with Gasteiger partial charge in [0.05, 0.1) is 30.4 Å². The summed E-state index contributed by atoms with van der Waals surface area (Å²) in [5.74, 6) is -1.09. The molecule has 4 atom stereocenters. The highest BCUT2D eigenvalue weighted by molar-refractivity contribution is 9.10. The number of ether oxygens (including phenoxy) is 1. The first kappa shape index (κ1) is 33.5. The van der Waals surface area contributed by atoms with Gasteiger partial charge in [-0.05, 0) is 69.0 Å². The van der Waals surface area contributed by atoms with Crippen LogP contribution in [0.15, 0.2) is 34.8 Å². The molecule has 11 nitrogen and oxygen atoms in total. The molecule has 1 aromatic heterocycles. The normalized spacial score (nSPS) is 21.5. The summed E-state index contributed by atoms with van der Waals surface area (Å²) in [5, 5.41) is 13.8. The summed E-state index contributed by atoms with van der Waals surface area (Å²) in [7, 11) is -3.72. The molecular weight excluding hydrogens is 663 g/mol. The summed E-state index contributed by atoms with van der Waals surface area (Å²) >= 11 is 4.52. The Bertz CT molecular complexity index is 1420. The number of amidine groups is 1. The number of halogens is 2. The molecule has 1 aromatic carbocycles.